The maximum atomic E-state index is 14.0. The summed E-state index contributed by atoms with van der Waals surface area (Å²) in [6, 6.07) is 0.265. The zero-order valence-electron chi connectivity index (χ0n) is 14.6. The van der Waals surface area contributed by atoms with Crippen LogP contribution >= 0.6 is 0 Å². The van der Waals surface area contributed by atoms with Gasteiger partial charge < -0.3 is 10.6 Å². The highest BCUT2D eigenvalue weighted by Crippen LogP contribution is 2.21. The number of rotatable bonds is 6. The monoisotopic (exact) mass is 304 g/mol. The highest BCUT2D eigenvalue weighted by Gasteiger charge is 2.14. The first kappa shape index (κ1) is 18.3. The molecule has 3 heteroatoms. The lowest BCUT2D eigenvalue weighted by molar-refractivity contribution is 0.496. The average molecular weight is 304 g/mol. The van der Waals surface area contributed by atoms with Gasteiger partial charge in [-0.15, -0.1) is 0 Å². The molecule has 0 aromatic carbocycles. The number of nitrogens with one attached hydrogen (secondary N) is 2. The van der Waals surface area contributed by atoms with Gasteiger partial charge in [0.2, 0.25) is 0 Å². The summed E-state index contributed by atoms with van der Waals surface area (Å²) >= 11 is 0. The molecule has 0 radical (unpaired) electrons. The first-order valence-corrected chi connectivity index (χ1v) is 7.96. The van der Waals surface area contributed by atoms with Gasteiger partial charge in [0.1, 0.15) is 0 Å². The SMILES string of the molecule is CC/C(=C\C=C(C)C)C1C=CC(/C(C)=C(\F)NC(C)C)=CN1. The fourth-order valence-electron chi connectivity index (χ4n) is 2.15. The second kappa shape index (κ2) is 8.62. The van der Waals surface area contributed by atoms with Crippen LogP contribution < -0.4 is 10.6 Å². The van der Waals surface area contributed by atoms with Crippen LogP contribution in [0.25, 0.3) is 0 Å². The van der Waals surface area contributed by atoms with Crippen LogP contribution in [0.4, 0.5) is 4.39 Å². The Kier molecular flexibility index (Phi) is 7.16. The Balaban J connectivity index is 2.84. The molecule has 0 saturated heterocycles. The normalized spacial score (nSPS) is 19.4. The van der Waals surface area contributed by atoms with E-state index in [2.05, 4.69) is 49.6 Å². The molecule has 1 aliphatic heterocycles. The van der Waals surface area contributed by atoms with E-state index in [0.29, 0.717) is 5.57 Å². The van der Waals surface area contributed by atoms with Crippen LogP contribution in [0.15, 0.2) is 58.7 Å². The van der Waals surface area contributed by atoms with E-state index in [9.17, 15) is 4.39 Å². The van der Waals surface area contributed by atoms with Crippen molar-refractivity contribution in [1.82, 2.24) is 10.6 Å². The van der Waals surface area contributed by atoms with Crippen LogP contribution in [0.2, 0.25) is 0 Å². The Morgan fingerprint density at radius 2 is 2.00 bits per heavy atom. The van der Waals surface area contributed by atoms with E-state index in [4.69, 9.17) is 0 Å². The predicted molar refractivity (Wildman–Crippen MR) is 94.0 cm³/mol. The molecule has 0 bridgehead atoms. The summed E-state index contributed by atoms with van der Waals surface area (Å²) in [5.74, 6) is -0.262. The number of halogens is 1. The molecule has 0 aromatic rings. The van der Waals surface area contributed by atoms with Crippen molar-refractivity contribution in [3.8, 4) is 0 Å². The molecule has 1 unspecified atom stereocenters. The van der Waals surface area contributed by atoms with Gasteiger partial charge in [-0.1, -0.05) is 36.8 Å². The summed E-state index contributed by atoms with van der Waals surface area (Å²) in [5, 5.41) is 6.17. The molecule has 122 valence electrons. The van der Waals surface area contributed by atoms with Crippen molar-refractivity contribution in [2.45, 2.75) is 60.0 Å². The molecule has 0 aliphatic carbocycles. The van der Waals surface area contributed by atoms with Crippen LogP contribution in [0.5, 0.6) is 0 Å². The number of hydrogen-bond acceptors (Lipinski definition) is 2. The van der Waals surface area contributed by atoms with E-state index in [-0.39, 0.29) is 18.0 Å². The van der Waals surface area contributed by atoms with E-state index in [1.54, 1.807) is 6.92 Å². The lowest BCUT2D eigenvalue weighted by Gasteiger charge is -2.22. The number of dihydropyridines is 1. The lowest BCUT2D eigenvalue weighted by Crippen LogP contribution is -2.27. The van der Waals surface area contributed by atoms with Gasteiger partial charge in [-0.3, -0.25) is 0 Å². The van der Waals surface area contributed by atoms with E-state index >= 15 is 0 Å². The molecule has 22 heavy (non-hydrogen) atoms. The Labute approximate surface area is 134 Å². The van der Waals surface area contributed by atoms with Crippen molar-refractivity contribution in [3.63, 3.8) is 0 Å². The molecule has 1 atom stereocenters. The first-order valence-electron chi connectivity index (χ1n) is 7.96. The minimum absolute atomic E-state index is 0.0857. The van der Waals surface area contributed by atoms with Gasteiger partial charge in [-0.05, 0) is 52.2 Å². The van der Waals surface area contributed by atoms with E-state index in [1.807, 2.05) is 26.1 Å². The van der Waals surface area contributed by atoms with Crippen LogP contribution in [0, 0.1) is 0 Å². The summed E-state index contributed by atoms with van der Waals surface area (Å²) in [5.41, 5.74) is 4.10. The fourth-order valence-corrected chi connectivity index (χ4v) is 2.15. The van der Waals surface area contributed by atoms with Crippen LogP contribution in [0.3, 0.4) is 0 Å². The number of allylic oxidation sites excluding steroid dienone is 6. The molecule has 1 rings (SSSR count). The van der Waals surface area contributed by atoms with Gasteiger partial charge in [0.15, 0.2) is 5.95 Å². The van der Waals surface area contributed by atoms with Gasteiger partial charge in [-0.25, -0.2) is 0 Å². The van der Waals surface area contributed by atoms with Gasteiger partial charge >= 0.3 is 0 Å². The first-order chi connectivity index (χ1) is 10.3. The molecule has 2 nitrogen and oxygen atoms in total. The topological polar surface area (TPSA) is 24.1 Å². The van der Waals surface area contributed by atoms with Crippen molar-refractivity contribution in [1.29, 1.82) is 0 Å². The molecule has 0 spiro atoms. The summed E-state index contributed by atoms with van der Waals surface area (Å²) in [7, 11) is 0. The highest BCUT2D eigenvalue weighted by molar-refractivity contribution is 5.43. The smallest absolute Gasteiger partial charge is 0.190 e. The van der Waals surface area contributed by atoms with Crippen LogP contribution in [0.1, 0.15) is 48.0 Å². The molecule has 2 N–H and O–H groups in total. The molecule has 0 amide bonds. The van der Waals surface area contributed by atoms with E-state index in [1.165, 1.54) is 11.1 Å². The summed E-state index contributed by atoms with van der Waals surface area (Å²) in [6.07, 6.45) is 11.3. The third kappa shape index (κ3) is 5.55. The zero-order valence-corrected chi connectivity index (χ0v) is 14.6. The molecular formula is C19H29FN2. The second-order valence-electron chi connectivity index (χ2n) is 6.18. The predicted octanol–water partition coefficient (Wildman–Crippen LogP) is 4.90. The third-order valence-electron chi connectivity index (χ3n) is 3.50. The molecule has 0 aromatic heterocycles. The van der Waals surface area contributed by atoms with Crippen molar-refractivity contribution >= 4 is 0 Å². The Hall–Kier alpha value is -1.77. The Bertz CT molecular complexity index is 530. The molecule has 1 heterocycles. The maximum Gasteiger partial charge on any atom is 0.190 e. The second-order valence-corrected chi connectivity index (χ2v) is 6.18. The minimum Gasteiger partial charge on any atom is -0.380 e. The molecular weight excluding hydrogens is 275 g/mol. The van der Waals surface area contributed by atoms with Crippen molar-refractivity contribution in [2.75, 3.05) is 0 Å². The zero-order chi connectivity index (χ0) is 16.7. The van der Waals surface area contributed by atoms with E-state index < -0.39 is 0 Å². The van der Waals surface area contributed by atoms with Gasteiger partial charge in [-0.2, -0.15) is 4.39 Å². The molecule has 0 fully saturated rings. The quantitative estimate of drug-likeness (QED) is 0.539. The Morgan fingerprint density at radius 3 is 2.45 bits per heavy atom. The van der Waals surface area contributed by atoms with Crippen molar-refractivity contribution in [3.05, 3.63) is 58.7 Å². The van der Waals surface area contributed by atoms with Gasteiger partial charge in [0, 0.05) is 17.8 Å². The summed E-state index contributed by atoms with van der Waals surface area (Å²) in [4.78, 5) is 0. The largest absolute Gasteiger partial charge is 0.380 e. The van der Waals surface area contributed by atoms with Gasteiger partial charge in [0.05, 0.1) is 6.04 Å². The van der Waals surface area contributed by atoms with Crippen LogP contribution in [-0.4, -0.2) is 12.1 Å². The number of hydrogen-bond donors (Lipinski definition) is 2. The minimum atomic E-state index is -0.262. The molecule has 1 aliphatic rings. The third-order valence-corrected chi connectivity index (χ3v) is 3.50. The van der Waals surface area contributed by atoms with Crippen molar-refractivity contribution < 1.29 is 4.39 Å². The van der Waals surface area contributed by atoms with Crippen molar-refractivity contribution in [2.24, 2.45) is 0 Å². The summed E-state index contributed by atoms with van der Waals surface area (Å²) < 4.78 is 14.0. The lowest BCUT2D eigenvalue weighted by atomic mass is 9.98. The van der Waals surface area contributed by atoms with Crippen LogP contribution in [-0.2, 0) is 0 Å². The van der Waals surface area contributed by atoms with E-state index in [0.717, 1.165) is 12.0 Å². The summed E-state index contributed by atoms with van der Waals surface area (Å²) in [6.45, 7) is 12.0. The average Bonchev–Trinajstić information content (AvgIpc) is 2.46. The maximum absolute atomic E-state index is 14.0. The van der Waals surface area contributed by atoms with Gasteiger partial charge in [0.25, 0.3) is 0 Å². The molecule has 0 saturated carbocycles. The standard InChI is InChI=1S/C19H29FN2/c1-7-16(9-8-13(2)3)18-11-10-17(12-21-18)15(6)19(20)22-14(4)5/h8-12,14,18,21-22H,7H2,1-6H3/b16-9+,19-15+. The Morgan fingerprint density at radius 1 is 1.32 bits per heavy atom. The fraction of sp³-hybridized carbons (Fsp3) is 0.474. The highest BCUT2D eigenvalue weighted by atomic mass is 19.1.